The first-order chi connectivity index (χ1) is 9.02. The van der Waals surface area contributed by atoms with Crippen LogP contribution in [-0.2, 0) is 0 Å². The SMILES string of the molecule is CCCC(C)(C)CC(=O)c1ccc2ccccc2c1. The number of hydrogen-bond acceptors (Lipinski definition) is 1. The van der Waals surface area contributed by atoms with E-state index < -0.39 is 0 Å². The molecule has 0 amide bonds. The summed E-state index contributed by atoms with van der Waals surface area (Å²) in [7, 11) is 0. The molecule has 2 aromatic rings. The Kier molecular flexibility index (Phi) is 4.04. The Morgan fingerprint density at radius 1 is 1.05 bits per heavy atom. The largest absolute Gasteiger partial charge is 0.294 e. The van der Waals surface area contributed by atoms with E-state index in [-0.39, 0.29) is 11.2 Å². The van der Waals surface area contributed by atoms with Crippen molar-refractivity contribution in [3.63, 3.8) is 0 Å². The van der Waals surface area contributed by atoms with Gasteiger partial charge in [0.25, 0.3) is 0 Å². The van der Waals surface area contributed by atoms with E-state index in [0.717, 1.165) is 23.8 Å². The summed E-state index contributed by atoms with van der Waals surface area (Å²) in [5.74, 6) is 0.254. The van der Waals surface area contributed by atoms with Crippen molar-refractivity contribution in [3.05, 3.63) is 48.0 Å². The second kappa shape index (κ2) is 5.56. The Labute approximate surface area is 115 Å². The van der Waals surface area contributed by atoms with Crippen LogP contribution >= 0.6 is 0 Å². The van der Waals surface area contributed by atoms with Gasteiger partial charge in [0.15, 0.2) is 5.78 Å². The van der Waals surface area contributed by atoms with Gasteiger partial charge in [0, 0.05) is 12.0 Å². The minimum Gasteiger partial charge on any atom is -0.294 e. The third-order valence-electron chi connectivity index (χ3n) is 3.64. The fourth-order valence-corrected chi connectivity index (χ4v) is 2.66. The predicted octanol–water partition coefficient (Wildman–Crippen LogP) is 5.24. The van der Waals surface area contributed by atoms with Crippen LogP contribution in [0.3, 0.4) is 0 Å². The van der Waals surface area contributed by atoms with Crippen molar-refractivity contribution < 1.29 is 4.79 Å². The Morgan fingerprint density at radius 3 is 2.42 bits per heavy atom. The molecule has 0 aliphatic rings. The van der Waals surface area contributed by atoms with Crippen LogP contribution in [0.5, 0.6) is 0 Å². The van der Waals surface area contributed by atoms with Gasteiger partial charge in [0.05, 0.1) is 0 Å². The van der Waals surface area contributed by atoms with Gasteiger partial charge in [-0.1, -0.05) is 63.6 Å². The first-order valence-electron chi connectivity index (χ1n) is 7.04. The first kappa shape index (κ1) is 13.8. The fourth-order valence-electron chi connectivity index (χ4n) is 2.66. The summed E-state index contributed by atoms with van der Waals surface area (Å²) in [6, 6.07) is 14.2. The standard InChI is InChI=1S/C18H22O/c1-4-11-18(2,3)13-17(19)16-10-9-14-7-5-6-8-15(14)12-16/h5-10,12H,4,11,13H2,1-3H3. The van der Waals surface area contributed by atoms with Crippen LogP contribution in [0.25, 0.3) is 10.8 Å². The molecular formula is C18H22O. The van der Waals surface area contributed by atoms with Crippen LogP contribution in [0, 0.1) is 5.41 Å². The normalized spacial score (nSPS) is 11.7. The molecule has 0 aromatic heterocycles. The van der Waals surface area contributed by atoms with Crippen molar-refractivity contribution in [3.8, 4) is 0 Å². The molecule has 2 aromatic carbocycles. The molecule has 100 valence electrons. The lowest BCUT2D eigenvalue weighted by atomic mass is 9.81. The molecule has 0 aliphatic heterocycles. The molecule has 0 aliphatic carbocycles. The van der Waals surface area contributed by atoms with Crippen LogP contribution in [0.2, 0.25) is 0 Å². The maximum atomic E-state index is 12.4. The van der Waals surface area contributed by atoms with Crippen molar-refractivity contribution in [2.45, 2.75) is 40.0 Å². The molecule has 0 radical (unpaired) electrons. The van der Waals surface area contributed by atoms with E-state index in [1.165, 1.54) is 5.39 Å². The highest BCUT2D eigenvalue weighted by Gasteiger charge is 2.21. The van der Waals surface area contributed by atoms with Gasteiger partial charge < -0.3 is 0 Å². The minimum atomic E-state index is 0.0947. The summed E-state index contributed by atoms with van der Waals surface area (Å²) in [5, 5.41) is 2.33. The van der Waals surface area contributed by atoms with E-state index in [4.69, 9.17) is 0 Å². The number of fused-ring (bicyclic) bond motifs is 1. The van der Waals surface area contributed by atoms with Crippen molar-refractivity contribution in [1.29, 1.82) is 0 Å². The summed E-state index contributed by atoms with van der Waals surface area (Å²) in [5.41, 5.74) is 0.931. The van der Waals surface area contributed by atoms with Gasteiger partial charge in [-0.05, 0) is 28.7 Å². The zero-order valence-corrected chi connectivity index (χ0v) is 12.1. The summed E-state index contributed by atoms with van der Waals surface area (Å²) in [6.07, 6.45) is 2.84. The summed E-state index contributed by atoms with van der Waals surface area (Å²) in [6.45, 7) is 6.52. The monoisotopic (exact) mass is 254 g/mol. The smallest absolute Gasteiger partial charge is 0.163 e. The number of hydrogen-bond donors (Lipinski definition) is 0. The molecule has 0 saturated heterocycles. The van der Waals surface area contributed by atoms with E-state index in [9.17, 15) is 4.79 Å². The highest BCUT2D eigenvalue weighted by molar-refractivity contribution is 6.00. The molecule has 0 N–H and O–H groups in total. The second-order valence-corrected chi connectivity index (χ2v) is 6.08. The Balaban J connectivity index is 2.22. The van der Waals surface area contributed by atoms with Crippen molar-refractivity contribution >= 4 is 16.6 Å². The van der Waals surface area contributed by atoms with Crippen LogP contribution in [0.1, 0.15) is 50.4 Å². The number of ketones is 1. The summed E-state index contributed by atoms with van der Waals surface area (Å²) in [4.78, 5) is 12.4. The lowest BCUT2D eigenvalue weighted by Gasteiger charge is -2.22. The van der Waals surface area contributed by atoms with Gasteiger partial charge in [0.1, 0.15) is 0 Å². The van der Waals surface area contributed by atoms with Gasteiger partial charge in [-0.25, -0.2) is 0 Å². The molecule has 2 rings (SSSR count). The van der Waals surface area contributed by atoms with Gasteiger partial charge in [-0.15, -0.1) is 0 Å². The minimum absolute atomic E-state index is 0.0947. The Bertz CT molecular complexity index is 581. The van der Waals surface area contributed by atoms with Crippen molar-refractivity contribution in [2.75, 3.05) is 0 Å². The number of rotatable bonds is 5. The number of Topliss-reactive ketones (excluding diaryl/α,β-unsaturated/α-hetero) is 1. The Morgan fingerprint density at radius 2 is 1.74 bits per heavy atom. The van der Waals surface area contributed by atoms with Crippen molar-refractivity contribution in [1.82, 2.24) is 0 Å². The third-order valence-corrected chi connectivity index (χ3v) is 3.64. The van der Waals surface area contributed by atoms with Gasteiger partial charge in [0.2, 0.25) is 0 Å². The molecular weight excluding hydrogens is 232 g/mol. The number of carbonyl (C=O) groups is 1. The van der Waals surface area contributed by atoms with Gasteiger partial charge in [-0.2, -0.15) is 0 Å². The lowest BCUT2D eigenvalue weighted by molar-refractivity contribution is 0.0925. The molecule has 0 heterocycles. The highest BCUT2D eigenvalue weighted by Crippen LogP contribution is 2.29. The summed E-state index contributed by atoms with van der Waals surface area (Å²) >= 11 is 0. The number of benzene rings is 2. The quantitative estimate of drug-likeness (QED) is 0.667. The Hall–Kier alpha value is -1.63. The zero-order chi connectivity index (χ0) is 13.9. The number of carbonyl (C=O) groups excluding carboxylic acids is 1. The lowest BCUT2D eigenvalue weighted by Crippen LogP contribution is -2.17. The van der Waals surface area contributed by atoms with Gasteiger partial charge in [-0.3, -0.25) is 4.79 Å². The van der Waals surface area contributed by atoms with E-state index in [2.05, 4.69) is 32.9 Å². The van der Waals surface area contributed by atoms with Crippen LogP contribution in [0.4, 0.5) is 0 Å². The highest BCUT2D eigenvalue weighted by atomic mass is 16.1. The molecule has 19 heavy (non-hydrogen) atoms. The maximum absolute atomic E-state index is 12.4. The van der Waals surface area contributed by atoms with Gasteiger partial charge >= 0.3 is 0 Å². The van der Waals surface area contributed by atoms with Crippen LogP contribution in [-0.4, -0.2) is 5.78 Å². The molecule has 0 atom stereocenters. The van der Waals surface area contributed by atoms with Crippen LogP contribution in [0.15, 0.2) is 42.5 Å². The predicted molar refractivity (Wildman–Crippen MR) is 81.6 cm³/mol. The maximum Gasteiger partial charge on any atom is 0.163 e. The molecule has 0 bridgehead atoms. The molecule has 1 nitrogen and oxygen atoms in total. The van der Waals surface area contributed by atoms with Crippen molar-refractivity contribution in [2.24, 2.45) is 5.41 Å². The van der Waals surface area contributed by atoms with Crippen LogP contribution < -0.4 is 0 Å². The molecule has 0 unspecified atom stereocenters. The first-order valence-corrected chi connectivity index (χ1v) is 7.04. The zero-order valence-electron chi connectivity index (χ0n) is 12.1. The summed E-state index contributed by atoms with van der Waals surface area (Å²) < 4.78 is 0. The molecule has 1 heteroatoms. The van der Waals surface area contributed by atoms with E-state index >= 15 is 0 Å². The average Bonchev–Trinajstić information content (AvgIpc) is 2.37. The van der Waals surface area contributed by atoms with E-state index in [0.29, 0.717) is 6.42 Å². The molecule has 0 saturated carbocycles. The average molecular weight is 254 g/mol. The molecule has 0 spiro atoms. The fraction of sp³-hybridized carbons (Fsp3) is 0.389. The topological polar surface area (TPSA) is 17.1 Å². The third kappa shape index (κ3) is 3.44. The molecule has 0 fully saturated rings. The van der Waals surface area contributed by atoms with E-state index in [1.54, 1.807) is 0 Å². The second-order valence-electron chi connectivity index (χ2n) is 6.08. The van der Waals surface area contributed by atoms with E-state index in [1.807, 2.05) is 30.3 Å².